The van der Waals surface area contributed by atoms with Gasteiger partial charge in [-0.1, -0.05) is 25.3 Å². The van der Waals surface area contributed by atoms with Crippen LogP contribution in [0.4, 0.5) is 10.1 Å². The lowest BCUT2D eigenvalue weighted by Crippen LogP contribution is -2.40. The molecule has 1 aliphatic carbocycles. The predicted octanol–water partition coefficient (Wildman–Crippen LogP) is 3.57. The fourth-order valence-electron chi connectivity index (χ4n) is 3.51. The van der Waals surface area contributed by atoms with Crippen molar-refractivity contribution in [2.45, 2.75) is 43.0 Å². The number of esters is 1. The Balaban J connectivity index is 1.62. The van der Waals surface area contributed by atoms with Gasteiger partial charge in [-0.2, -0.15) is 0 Å². The van der Waals surface area contributed by atoms with Gasteiger partial charge in [-0.25, -0.2) is 17.6 Å². The van der Waals surface area contributed by atoms with Crippen molar-refractivity contribution in [1.29, 1.82) is 0 Å². The molecule has 1 aliphatic rings. The van der Waals surface area contributed by atoms with Crippen LogP contribution >= 0.6 is 0 Å². The van der Waals surface area contributed by atoms with Crippen molar-refractivity contribution in [2.75, 3.05) is 18.4 Å². The molecule has 1 saturated carbocycles. The fraction of sp³-hybridized carbons (Fsp3) is 0.364. The van der Waals surface area contributed by atoms with Gasteiger partial charge in [0.2, 0.25) is 0 Å². The summed E-state index contributed by atoms with van der Waals surface area (Å²) in [6, 6.07) is 10.3. The highest BCUT2D eigenvalue weighted by Crippen LogP contribution is 2.22. The van der Waals surface area contributed by atoms with Gasteiger partial charge in [-0.15, -0.1) is 0 Å². The number of nitrogens with one attached hydrogen (secondary N) is 1. The minimum atomic E-state index is -4.00. The Morgan fingerprint density at radius 2 is 1.77 bits per heavy atom. The first-order valence-electron chi connectivity index (χ1n) is 10.1. The Morgan fingerprint density at radius 3 is 2.45 bits per heavy atom. The van der Waals surface area contributed by atoms with E-state index in [1.165, 1.54) is 42.8 Å². The molecular weight excluding hydrogens is 423 g/mol. The minimum absolute atomic E-state index is 0.00935. The van der Waals surface area contributed by atoms with Gasteiger partial charge in [-0.05, 0) is 55.3 Å². The van der Waals surface area contributed by atoms with Crippen molar-refractivity contribution in [1.82, 2.24) is 4.90 Å². The van der Waals surface area contributed by atoms with Crippen LogP contribution in [0.15, 0.2) is 53.4 Å². The number of ether oxygens (including phenoxy) is 1. The number of carbonyl (C=O) groups is 2. The molecule has 0 radical (unpaired) electrons. The van der Waals surface area contributed by atoms with Crippen molar-refractivity contribution in [2.24, 2.45) is 0 Å². The van der Waals surface area contributed by atoms with E-state index in [1.807, 2.05) is 0 Å². The summed E-state index contributed by atoms with van der Waals surface area (Å²) in [5.41, 5.74) is 0.195. The molecule has 0 spiro atoms. The summed E-state index contributed by atoms with van der Waals surface area (Å²) in [7, 11) is -2.29. The molecule has 1 fully saturated rings. The van der Waals surface area contributed by atoms with Crippen LogP contribution in [0, 0.1) is 5.82 Å². The Morgan fingerprint density at radius 1 is 1.10 bits per heavy atom. The average molecular weight is 449 g/mol. The summed E-state index contributed by atoms with van der Waals surface area (Å²) < 4.78 is 45.6. The molecule has 1 N–H and O–H groups in total. The van der Waals surface area contributed by atoms with Crippen LogP contribution in [0.3, 0.4) is 0 Å². The van der Waals surface area contributed by atoms with E-state index >= 15 is 0 Å². The predicted molar refractivity (Wildman–Crippen MR) is 114 cm³/mol. The standard InChI is InChI=1S/C22H25FN2O5S/c1-25(19-7-3-2-4-8-19)21(26)15-30-22(27)16-6-5-9-20(14-16)31(28,29)24-18-12-10-17(23)11-13-18/h5-6,9-14,19,24H,2-4,7-8,15H2,1H3. The summed E-state index contributed by atoms with van der Waals surface area (Å²) in [4.78, 5) is 26.2. The van der Waals surface area contributed by atoms with E-state index < -0.39 is 28.4 Å². The number of hydrogen-bond acceptors (Lipinski definition) is 5. The summed E-state index contributed by atoms with van der Waals surface area (Å²) in [6.07, 6.45) is 5.21. The van der Waals surface area contributed by atoms with Crippen molar-refractivity contribution in [3.05, 3.63) is 59.9 Å². The molecule has 7 nitrogen and oxygen atoms in total. The number of carbonyl (C=O) groups excluding carboxylic acids is 2. The van der Waals surface area contributed by atoms with Crippen LogP contribution in [0.2, 0.25) is 0 Å². The van der Waals surface area contributed by atoms with Gasteiger partial charge in [0.05, 0.1) is 10.5 Å². The third-order valence-electron chi connectivity index (χ3n) is 5.32. The van der Waals surface area contributed by atoms with Gasteiger partial charge in [0, 0.05) is 18.8 Å². The number of amides is 1. The van der Waals surface area contributed by atoms with Crippen LogP contribution in [-0.4, -0.2) is 44.9 Å². The highest BCUT2D eigenvalue weighted by molar-refractivity contribution is 7.92. The zero-order valence-electron chi connectivity index (χ0n) is 17.2. The Kier molecular flexibility index (Phi) is 7.27. The van der Waals surface area contributed by atoms with E-state index in [2.05, 4.69) is 4.72 Å². The number of nitrogens with zero attached hydrogens (tertiary/aromatic N) is 1. The van der Waals surface area contributed by atoms with Gasteiger partial charge < -0.3 is 9.64 Å². The monoisotopic (exact) mass is 448 g/mol. The molecule has 0 aromatic heterocycles. The number of hydrogen-bond donors (Lipinski definition) is 1. The zero-order chi connectivity index (χ0) is 22.4. The van der Waals surface area contributed by atoms with Crippen LogP contribution in [0.25, 0.3) is 0 Å². The van der Waals surface area contributed by atoms with E-state index in [1.54, 1.807) is 11.9 Å². The van der Waals surface area contributed by atoms with E-state index in [0.29, 0.717) is 0 Å². The molecule has 9 heteroatoms. The molecule has 166 valence electrons. The first-order chi connectivity index (χ1) is 14.8. The second-order valence-corrected chi connectivity index (χ2v) is 9.20. The lowest BCUT2D eigenvalue weighted by Gasteiger charge is -2.31. The molecule has 0 saturated heterocycles. The maximum atomic E-state index is 13.0. The summed E-state index contributed by atoms with van der Waals surface area (Å²) >= 11 is 0. The van der Waals surface area contributed by atoms with Gasteiger partial charge >= 0.3 is 5.97 Å². The number of rotatable bonds is 7. The zero-order valence-corrected chi connectivity index (χ0v) is 18.0. The molecular formula is C22H25FN2O5S. The Hall–Kier alpha value is -2.94. The first kappa shape index (κ1) is 22.7. The van der Waals surface area contributed by atoms with Crippen molar-refractivity contribution >= 4 is 27.6 Å². The van der Waals surface area contributed by atoms with Crippen molar-refractivity contribution in [3.63, 3.8) is 0 Å². The summed E-state index contributed by atoms with van der Waals surface area (Å²) in [5, 5.41) is 0. The second-order valence-electron chi connectivity index (χ2n) is 7.51. The second kappa shape index (κ2) is 9.91. The lowest BCUT2D eigenvalue weighted by atomic mass is 9.94. The summed E-state index contributed by atoms with van der Waals surface area (Å²) in [5.74, 6) is -1.57. The molecule has 0 unspecified atom stereocenters. The summed E-state index contributed by atoms with van der Waals surface area (Å²) in [6.45, 7) is -0.406. The van der Waals surface area contributed by atoms with Crippen LogP contribution < -0.4 is 4.72 Å². The number of likely N-dealkylation sites (N-methyl/N-ethyl adjacent to an activating group) is 1. The van der Waals surface area contributed by atoms with Gasteiger partial charge in [0.15, 0.2) is 6.61 Å². The topological polar surface area (TPSA) is 92.8 Å². The number of anilines is 1. The molecule has 31 heavy (non-hydrogen) atoms. The molecule has 3 rings (SSSR count). The lowest BCUT2D eigenvalue weighted by molar-refractivity contribution is -0.135. The molecule has 0 atom stereocenters. The third-order valence-corrected chi connectivity index (χ3v) is 6.70. The van der Waals surface area contributed by atoms with E-state index in [4.69, 9.17) is 4.74 Å². The number of halogens is 1. The number of sulfonamides is 1. The van der Waals surface area contributed by atoms with Gasteiger partial charge in [0.25, 0.3) is 15.9 Å². The maximum Gasteiger partial charge on any atom is 0.338 e. The third kappa shape index (κ3) is 6.04. The van der Waals surface area contributed by atoms with E-state index in [0.717, 1.165) is 37.8 Å². The molecule has 0 bridgehead atoms. The van der Waals surface area contributed by atoms with Crippen LogP contribution in [0.5, 0.6) is 0 Å². The maximum absolute atomic E-state index is 13.0. The average Bonchev–Trinajstić information content (AvgIpc) is 2.78. The first-order valence-corrected chi connectivity index (χ1v) is 11.6. The minimum Gasteiger partial charge on any atom is -0.452 e. The van der Waals surface area contributed by atoms with Gasteiger partial charge in [0.1, 0.15) is 5.82 Å². The highest BCUT2D eigenvalue weighted by Gasteiger charge is 2.23. The van der Waals surface area contributed by atoms with Crippen molar-refractivity contribution in [3.8, 4) is 0 Å². The molecule has 2 aromatic carbocycles. The molecule has 0 heterocycles. The van der Waals surface area contributed by atoms with E-state index in [-0.39, 0.29) is 28.1 Å². The van der Waals surface area contributed by atoms with Crippen LogP contribution in [-0.2, 0) is 19.6 Å². The normalized spacial score (nSPS) is 14.6. The number of benzene rings is 2. The van der Waals surface area contributed by atoms with E-state index in [9.17, 15) is 22.4 Å². The van der Waals surface area contributed by atoms with Crippen molar-refractivity contribution < 1.29 is 27.1 Å². The van der Waals surface area contributed by atoms with Gasteiger partial charge in [-0.3, -0.25) is 9.52 Å². The molecule has 2 aromatic rings. The Labute approximate surface area is 181 Å². The Bertz CT molecular complexity index is 1030. The molecule has 1 amide bonds. The largest absolute Gasteiger partial charge is 0.452 e. The highest BCUT2D eigenvalue weighted by atomic mass is 32.2. The fourth-order valence-corrected chi connectivity index (χ4v) is 4.61. The van der Waals surface area contributed by atoms with Crippen LogP contribution in [0.1, 0.15) is 42.5 Å². The SMILES string of the molecule is CN(C(=O)COC(=O)c1cccc(S(=O)(=O)Nc2ccc(F)cc2)c1)C1CCCCC1. The quantitative estimate of drug-likeness (QED) is 0.654. The smallest absolute Gasteiger partial charge is 0.338 e. The molecule has 0 aliphatic heterocycles.